The summed E-state index contributed by atoms with van der Waals surface area (Å²) >= 11 is 3.40. The quantitative estimate of drug-likeness (QED) is 0.773. The summed E-state index contributed by atoms with van der Waals surface area (Å²) in [5.41, 5.74) is 2.53. The Kier molecular flexibility index (Phi) is 3.32. The maximum atomic E-state index is 12.2. The average molecular weight is 330 g/mol. The first-order valence-electron chi connectivity index (χ1n) is 6.14. The van der Waals surface area contributed by atoms with Gasteiger partial charge in [0.15, 0.2) is 5.43 Å². The van der Waals surface area contributed by atoms with E-state index >= 15 is 0 Å². The molecule has 0 bridgehead atoms. The Morgan fingerprint density at radius 1 is 1.05 bits per heavy atom. The first-order chi connectivity index (χ1) is 9.67. The van der Waals surface area contributed by atoms with E-state index in [0.29, 0.717) is 5.39 Å². The average Bonchev–Trinajstić information content (AvgIpc) is 2.47. The topological polar surface area (TPSA) is 42.1 Å². The molecule has 0 radical (unpaired) electrons. The van der Waals surface area contributed by atoms with E-state index < -0.39 is 0 Å². The number of pyridine rings is 1. The molecule has 3 rings (SSSR count). The van der Waals surface area contributed by atoms with Gasteiger partial charge in [-0.25, -0.2) is 0 Å². The van der Waals surface area contributed by atoms with Gasteiger partial charge >= 0.3 is 0 Å². The van der Waals surface area contributed by atoms with Crippen LogP contribution in [-0.4, -0.2) is 12.1 Å². The molecule has 3 aromatic rings. The van der Waals surface area contributed by atoms with Crippen LogP contribution in [0.5, 0.6) is 5.75 Å². The fourth-order valence-corrected chi connectivity index (χ4v) is 2.41. The summed E-state index contributed by atoms with van der Waals surface area (Å²) in [5, 5.41) is 0.659. The van der Waals surface area contributed by atoms with Crippen molar-refractivity contribution >= 4 is 26.8 Å². The van der Waals surface area contributed by atoms with E-state index in [1.54, 1.807) is 25.3 Å². The number of hydrogen-bond acceptors (Lipinski definition) is 2. The molecule has 1 N–H and O–H groups in total. The normalized spacial score (nSPS) is 10.7. The van der Waals surface area contributed by atoms with Gasteiger partial charge in [0.1, 0.15) is 5.75 Å². The lowest BCUT2D eigenvalue weighted by Gasteiger charge is -2.06. The van der Waals surface area contributed by atoms with Crippen LogP contribution in [0.3, 0.4) is 0 Å². The van der Waals surface area contributed by atoms with Gasteiger partial charge in [0.05, 0.1) is 12.6 Å². The number of halogens is 1. The molecule has 0 unspecified atom stereocenters. The van der Waals surface area contributed by atoms with Gasteiger partial charge < -0.3 is 9.72 Å². The third-order valence-corrected chi connectivity index (χ3v) is 3.72. The lowest BCUT2D eigenvalue weighted by atomic mass is 10.1. The number of hydrogen-bond donors (Lipinski definition) is 1. The molecule has 100 valence electrons. The lowest BCUT2D eigenvalue weighted by Crippen LogP contribution is -2.03. The van der Waals surface area contributed by atoms with Gasteiger partial charge in [0.2, 0.25) is 0 Å². The zero-order valence-electron chi connectivity index (χ0n) is 10.8. The molecule has 0 saturated carbocycles. The maximum absolute atomic E-state index is 12.2. The van der Waals surface area contributed by atoms with E-state index in [2.05, 4.69) is 20.9 Å². The summed E-state index contributed by atoms with van der Waals surface area (Å²) in [7, 11) is 1.61. The zero-order valence-corrected chi connectivity index (χ0v) is 12.4. The summed E-state index contributed by atoms with van der Waals surface area (Å²) in [6.07, 6.45) is 0. The van der Waals surface area contributed by atoms with Crippen molar-refractivity contribution < 1.29 is 4.74 Å². The van der Waals surface area contributed by atoms with Crippen molar-refractivity contribution in [3.05, 3.63) is 63.2 Å². The Balaban J connectivity index is 2.22. The van der Waals surface area contributed by atoms with Gasteiger partial charge in [-0.2, -0.15) is 0 Å². The fourth-order valence-electron chi connectivity index (χ4n) is 2.14. The molecule has 0 aliphatic rings. The van der Waals surface area contributed by atoms with Gasteiger partial charge in [-0.3, -0.25) is 4.79 Å². The molecule has 0 aliphatic heterocycles. The number of nitrogens with one attached hydrogen (secondary N) is 1. The van der Waals surface area contributed by atoms with E-state index in [1.165, 1.54) is 0 Å². The number of aromatic nitrogens is 1. The van der Waals surface area contributed by atoms with Crippen LogP contribution in [0.15, 0.2) is 57.8 Å². The molecular formula is C16H12BrNO2. The molecule has 0 fully saturated rings. The van der Waals surface area contributed by atoms with Crippen molar-refractivity contribution in [1.82, 2.24) is 4.98 Å². The highest BCUT2D eigenvalue weighted by molar-refractivity contribution is 9.10. The molecule has 1 heterocycles. The summed E-state index contributed by atoms with van der Waals surface area (Å²) in [6, 6.07) is 14.8. The number of methoxy groups -OCH3 is 1. The number of ether oxygens (including phenoxy) is 1. The van der Waals surface area contributed by atoms with Gasteiger partial charge in [-0.15, -0.1) is 0 Å². The van der Waals surface area contributed by atoms with Crippen molar-refractivity contribution in [1.29, 1.82) is 0 Å². The van der Waals surface area contributed by atoms with Crippen LogP contribution in [0.4, 0.5) is 0 Å². The molecule has 0 spiro atoms. The van der Waals surface area contributed by atoms with Crippen molar-refractivity contribution in [3.63, 3.8) is 0 Å². The molecule has 20 heavy (non-hydrogen) atoms. The predicted octanol–water partition coefficient (Wildman–Crippen LogP) is 3.97. The summed E-state index contributed by atoms with van der Waals surface area (Å²) in [4.78, 5) is 15.5. The Labute approximate surface area is 124 Å². The molecule has 2 aromatic carbocycles. The minimum Gasteiger partial charge on any atom is -0.497 e. The van der Waals surface area contributed by atoms with Gasteiger partial charge in [-0.05, 0) is 29.8 Å². The van der Waals surface area contributed by atoms with Gasteiger partial charge in [0.25, 0.3) is 0 Å². The number of aromatic amines is 1. The minimum atomic E-state index is -0.000628. The fraction of sp³-hybridized carbons (Fsp3) is 0.0625. The Bertz CT molecular complexity index is 822. The maximum Gasteiger partial charge on any atom is 0.190 e. The van der Waals surface area contributed by atoms with Crippen LogP contribution in [0.1, 0.15) is 0 Å². The molecule has 0 amide bonds. The SMILES string of the molecule is COc1ccc2c(=O)cc(-c3ccc(Br)cc3)[nH]c2c1. The first-order valence-corrected chi connectivity index (χ1v) is 6.94. The molecule has 0 atom stereocenters. The van der Waals surface area contributed by atoms with E-state index in [-0.39, 0.29) is 5.43 Å². The van der Waals surface area contributed by atoms with Crippen molar-refractivity contribution in [2.24, 2.45) is 0 Å². The third-order valence-electron chi connectivity index (χ3n) is 3.19. The number of benzene rings is 2. The highest BCUT2D eigenvalue weighted by atomic mass is 79.9. The van der Waals surface area contributed by atoms with E-state index in [4.69, 9.17) is 4.74 Å². The van der Waals surface area contributed by atoms with Crippen LogP contribution in [0, 0.1) is 0 Å². The molecule has 3 nitrogen and oxygen atoms in total. The first kappa shape index (κ1) is 12.9. The van der Waals surface area contributed by atoms with Gasteiger partial charge in [0, 0.05) is 27.7 Å². The number of H-pyrrole nitrogens is 1. The summed E-state index contributed by atoms with van der Waals surface area (Å²) in [5.74, 6) is 0.723. The lowest BCUT2D eigenvalue weighted by molar-refractivity contribution is 0.415. The van der Waals surface area contributed by atoms with E-state index in [1.807, 2.05) is 30.3 Å². The second-order valence-electron chi connectivity index (χ2n) is 4.47. The van der Waals surface area contributed by atoms with E-state index in [0.717, 1.165) is 27.0 Å². The Hall–Kier alpha value is -2.07. The molecule has 0 aliphatic carbocycles. The smallest absolute Gasteiger partial charge is 0.190 e. The second-order valence-corrected chi connectivity index (χ2v) is 5.38. The Morgan fingerprint density at radius 3 is 2.50 bits per heavy atom. The highest BCUT2D eigenvalue weighted by Crippen LogP contribution is 2.22. The van der Waals surface area contributed by atoms with Crippen LogP contribution >= 0.6 is 15.9 Å². The molecular weight excluding hydrogens is 318 g/mol. The zero-order chi connectivity index (χ0) is 14.1. The van der Waals surface area contributed by atoms with Gasteiger partial charge in [-0.1, -0.05) is 28.1 Å². The highest BCUT2D eigenvalue weighted by Gasteiger charge is 2.05. The van der Waals surface area contributed by atoms with Crippen LogP contribution in [-0.2, 0) is 0 Å². The van der Waals surface area contributed by atoms with E-state index in [9.17, 15) is 4.79 Å². The molecule has 1 aromatic heterocycles. The standard InChI is InChI=1S/C16H12BrNO2/c1-20-12-6-7-13-15(8-12)18-14(9-16(13)19)10-2-4-11(17)5-3-10/h2-9H,1H3,(H,18,19). The largest absolute Gasteiger partial charge is 0.497 e. The summed E-state index contributed by atoms with van der Waals surface area (Å²) < 4.78 is 6.20. The second kappa shape index (κ2) is 5.13. The number of fused-ring (bicyclic) bond motifs is 1. The van der Waals surface area contributed by atoms with Crippen molar-refractivity contribution in [3.8, 4) is 17.0 Å². The van der Waals surface area contributed by atoms with Crippen molar-refractivity contribution in [2.75, 3.05) is 7.11 Å². The predicted molar refractivity (Wildman–Crippen MR) is 84.3 cm³/mol. The van der Waals surface area contributed by atoms with Crippen LogP contribution < -0.4 is 10.2 Å². The minimum absolute atomic E-state index is 0.000628. The third kappa shape index (κ3) is 2.34. The molecule has 0 saturated heterocycles. The molecule has 4 heteroatoms. The number of rotatable bonds is 2. The Morgan fingerprint density at radius 2 is 1.80 bits per heavy atom. The monoisotopic (exact) mass is 329 g/mol. The van der Waals surface area contributed by atoms with Crippen molar-refractivity contribution in [2.45, 2.75) is 0 Å². The van der Waals surface area contributed by atoms with Crippen LogP contribution in [0.25, 0.3) is 22.2 Å². The van der Waals surface area contributed by atoms with Crippen LogP contribution in [0.2, 0.25) is 0 Å². The summed E-state index contributed by atoms with van der Waals surface area (Å²) in [6.45, 7) is 0.